The SMILES string of the molecule is C/C=C(\C)C(=O)O.COCC(N)=O. The summed E-state index contributed by atoms with van der Waals surface area (Å²) in [6.07, 6.45) is 1.56. The smallest absolute Gasteiger partial charge is 0.330 e. The highest BCUT2D eigenvalue weighted by Crippen LogP contribution is 1.87. The molecule has 0 fully saturated rings. The van der Waals surface area contributed by atoms with Crippen LogP contribution in [0.3, 0.4) is 0 Å². The van der Waals surface area contributed by atoms with Crippen LogP contribution in [0.2, 0.25) is 0 Å². The fourth-order valence-corrected chi connectivity index (χ4v) is 0.266. The Morgan fingerprint density at radius 3 is 2.00 bits per heavy atom. The van der Waals surface area contributed by atoms with Gasteiger partial charge in [-0.2, -0.15) is 0 Å². The second kappa shape index (κ2) is 8.73. The van der Waals surface area contributed by atoms with Crippen molar-refractivity contribution in [1.82, 2.24) is 0 Å². The normalized spacial score (nSPS) is 9.92. The van der Waals surface area contributed by atoms with Crippen molar-refractivity contribution in [3.05, 3.63) is 11.6 Å². The molecule has 0 unspecified atom stereocenters. The standard InChI is InChI=1S/C5H8O2.C3H7NO2/c1-3-4(2)5(6)7;1-6-2-3(4)5/h3H,1-2H3,(H,6,7);2H2,1H3,(H2,4,5)/b4-3+;. The maximum Gasteiger partial charge on any atom is 0.330 e. The quantitative estimate of drug-likeness (QED) is 0.618. The first-order valence-corrected chi connectivity index (χ1v) is 3.59. The van der Waals surface area contributed by atoms with Gasteiger partial charge in [0, 0.05) is 12.7 Å². The Morgan fingerprint density at radius 1 is 1.54 bits per heavy atom. The summed E-state index contributed by atoms with van der Waals surface area (Å²) in [6.45, 7) is 3.27. The van der Waals surface area contributed by atoms with Gasteiger partial charge in [0.1, 0.15) is 6.61 Å². The topological polar surface area (TPSA) is 89.6 Å². The van der Waals surface area contributed by atoms with E-state index in [1.54, 1.807) is 19.9 Å². The predicted octanol–water partition coefficient (Wildman–Crippen LogP) is 0.155. The molecule has 0 aliphatic carbocycles. The minimum atomic E-state index is -0.845. The summed E-state index contributed by atoms with van der Waals surface area (Å²) in [5.74, 6) is -1.28. The minimum Gasteiger partial charge on any atom is -0.478 e. The molecular weight excluding hydrogens is 174 g/mol. The Hall–Kier alpha value is -1.36. The van der Waals surface area contributed by atoms with E-state index in [0.29, 0.717) is 5.57 Å². The molecule has 0 aromatic rings. The van der Waals surface area contributed by atoms with Gasteiger partial charge >= 0.3 is 5.97 Å². The van der Waals surface area contributed by atoms with Gasteiger partial charge in [0.25, 0.3) is 0 Å². The maximum absolute atomic E-state index is 9.86. The second-order valence-electron chi connectivity index (χ2n) is 2.18. The number of methoxy groups -OCH3 is 1. The van der Waals surface area contributed by atoms with Gasteiger partial charge in [0.2, 0.25) is 5.91 Å². The summed E-state index contributed by atoms with van der Waals surface area (Å²) in [7, 11) is 1.42. The predicted molar refractivity (Wildman–Crippen MR) is 48.1 cm³/mol. The Kier molecular flexibility index (Phi) is 9.53. The zero-order valence-electron chi connectivity index (χ0n) is 8.03. The van der Waals surface area contributed by atoms with Crippen molar-refractivity contribution < 1.29 is 19.4 Å². The molecule has 0 saturated heterocycles. The van der Waals surface area contributed by atoms with Crippen LogP contribution in [-0.2, 0) is 14.3 Å². The average molecular weight is 189 g/mol. The molecule has 0 spiro atoms. The van der Waals surface area contributed by atoms with Gasteiger partial charge in [0.05, 0.1) is 0 Å². The molecule has 13 heavy (non-hydrogen) atoms. The van der Waals surface area contributed by atoms with E-state index in [0.717, 1.165) is 0 Å². The van der Waals surface area contributed by atoms with Gasteiger partial charge in [-0.1, -0.05) is 6.08 Å². The molecule has 0 bridgehead atoms. The highest BCUT2D eigenvalue weighted by Gasteiger charge is 1.93. The van der Waals surface area contributed by atoms with Crippen LogP contribution in [0.1, 0.15) is 13.8 Å². The van der Waals surface area contributed by atoms with Crippen LogP contribution in [0.5, 0.6) is 0 Å². The molecule has 0 aromatic heterocycles. The first-order chi connectivity index (χ1) is 5.95. The first-order valence-electron chi connectivity index (χ1n) is 3.59. The summed E-state index contributed by atoms with van der Waals surface area (Å²) in [6, 6.07) is 0. The van der Waals surface area contributed by atoms with Crippen molar-refractivity contribution >= 4 is 11.9 Å². The molecule has 0 atom stereocenters. The van der Waals surface area contributed by atoms with E-state index in [-0.39, 0.29) is 6.61 Å². The van der Waals surface area contributed by atoms with E-state index in [1.165, 1.54) is 7.11 Å². The zero-order chi connectivity index (χ0) is 10.9. The number of allylic oxidation sites excluding steroid dienone is 1. The van der Waals surface area contributed by atoms with Crippen molar-refractivity contribution in [2.75, 3.05) is 13.7 Å². The number of primary amides is 1. The van der Waals surface area contributed by atoms with E-state index in [4.69, 9.17) is 5.11 Å². The third-order valence-electron chi connectivity index (χ3n) is 1.06. The van der Waals surface area contributed by atoms with Gasteiger partial charge in [-0.05, 0) is 13.8 Å². The summed E-state index contributed by atoms with van der Waals surface area (Å²) in [4.78, 5) is 19.6. The summed E-state index contributed by atoms with van der Waals surface area (Å²) < 4.78 is 4.33. The fourth-order valence-electron chi connectivity index (χ4n) is 0.266. The number of carboxylic acids is 1. The highest BCUT2D eigenvalue weighted by molar-refractivity contribution is 5.85. The molecule has 1 amide bonds. The molecule has 3 N–H and O–H groups in total. The number of amides is 1. The largest absolute Gasteiger partial charge is 0.478 e. The Balaban J connectivity index is 0. The first kappa shape index (κ1) is 14.2. The molecule has 0 aromatic carbocycles. The Morgan fingerprint density at radius 2 is 2.00 bits per heavy atom. The van der Waals surface area contributed by atoms with Crippen LogP contribution in [0.15, 0.2) is 11.6 Å². The van der Waals surface area contributed by atoms with Crippen LogP contribution in [-0.4, -0.2) is 30.7 Å². The molecular formula is C8H15NO4. The summed E-state index contributed by atoms with van der Waals surface area (Å²) in [5.41, 5.74) is 5.03. The average Bonchev–Trinajstić information content (AvgIpc) is 2.03. The maximum atomic E-state index is 9.86. The van der Waals surface area contributed by atoms with Crippen molar-refractivity contribution in [2.45, 2.75) is 13.8 Å². The molecule has 0 saturated carbocycles. The fraction of sp³-hybridized carbons (Fsp3) is 0.500. The molecule has 76 valence electrons. The van der Waals surface area contributed by atoms with E-state index in [2.05, 4.69) is 10.5 Å². The monoisotopic (exact) mass is 189 g/mol. The molecule has 0 aliphatic rings. The van der Waals surface area contributed by atoms with Crippen LogP contribution in [0, 0.1) is 0 Å². The van der Waals surface area contributed by atoms with Crippen molar-refractivity contribution in [3.63, 3.8) is 0 Å². The van der Waals surface area contributed by atoms with E-state index in [9.17, 15) is 9.59 Å². The van der Waals surface area contributed by atoms with Crippen molar-refractivity contribution in [2.24, 2.45) is 5.73 Å². The van der Waals surface area contributed by atoms with Crippen molar-refractivity contribution in [3.8, 4) is 0 Å². The number of ether oxygens (including phenoxy) is 1. The number of rotatable bonds is 3. The van der Waals surface area contributed by atoms with Crippen LogP contribution in [0.25, 0.3) is 0 Å². The summed E-state index contributed by atoms with van der Waals surface area (Å²) >= 11 is 0. The van der Waals surface area contributed by atoms with E-state index < -0.39 is 11.9 Å². The number of hydrogen-bond acceptors (Lipinski definition) is 3. The molecule has 0 aliphatic heterocycles. The lowest BCUT2D eigenvalue weighted by molar-refractivity contribution is -0.132. The lowest BCUT2D eigenvalue weighted by Gasteiger charge is -1.85. The Labute approximate surface area is 77.2 Å². The van der Waals surface area contributed by atoms with Gasteiger partial charge < -0.3 is 15.6 Å². The van der Waals surface area contributed by atoms with Gasteiger partial charge in [-0.15, -0.1) is 0 Å². The number of aliphatic carboxylic acids is 1. The number of hydrogen-bond donors (Lipinski definition) is 2. The summed E-state index contributed by atoms with van der Waals surface area (Å²) in [5, 5.41) is 8.11. The molecule has 0 heterocycles. The van der Waals surface area contributed by atoms with E-state index in [1.807, 2.05) is 0 Å². The van der Waals surface area contributed by atoms with E-state index >= 15 is 0 Å². The molecule has 0 rings (SSSR count). The lowest BCUT2D eigenvalue weighted by atomic mass is 10.3. The second-order valence-corrected chi connectivity index (χ2v) is 2.18. The Bertz CT molecular complexity index is 198. The zero-order valence-corrected chi connectivity index (χ0v) is 8.03. The number of carboxylic acid groups (broad SMARTS) is 1. The van der Waals surface area contributed by atoms with Crippen LogP contribution >= 0.6 is 0 Å². The van der Waals surface area contributed by atoms with Crippen LogP contribution in [0.4, 0.5) is 0 Å². The number of nitrogens with two attached hydrogens (primary N) is 1. The van der Waals surface area contributed by atoms with Gasteiger partial charge in [-0.25, -0.2) is 4.79 Å². The molecule has 5 heteroatoms. The van der Waals surface area contributed by atoms with Crippen LogP contribution < -0.4 is 5.73 Å². The number of carbonyl (C=O) groups is 2. The van der Waals surface area contributed by atoms with Crippen molar-refractivity contribution in [1.29, 1.82) is 0 Å². The third-order valence-corrected chi connectivity index (χ3v) is 1.06. The number of carbonyl (C=O) groups excluding carboxylic acids is 1. The molecule has 5 nitrogen and oxygen atoms in total. The molecule has 0 radical (unpaired) electrons. The van der Waals surface area contributed by atoms with Gasteiger partial charge in [-0.3, -0.25) is 4.79 Å². The minimum absolute atomic E-state index is 0.0139. The lowest BCUT2D eigenvalue weighted by Crippen LogP contribution is -2.16. The third kappa shape index (κ3) is 13.6. The highest BCUT2D eigenvalue weighted by atomic mass is 16.5. The van der Waals surface area contributed by atoms with Gasteiger partial charge in [0.15, 0.2) is 0 Å².